The number of hydrogen-bond donors (Lipinski definition) is 3. The number of H-pyrrole nitrogens is 1. The normalized spacial score (nSPS) is 30.3. The summed E-state index contributed by atoms with van der Waals surface area (Å²) in [4.78, 5) is 59.2. The molecule has 0 spiro atoms. The number of benzene rings is 2. The Labute approximate surface area is 401 Å². The van der Waals surface area contributed by atoms with Gasteiger partial charge in [-0.1, -0.05) is 48.5 Å². The highest BCUT2D eigenvalue weighted by atomic mass is 16.5. The number of rotatable bonds is 14. The molecular formula is C54H71N7O7. The van der Waals surface area contributed by atoms with Crippen LogP contribution in [0.15, 0.2) is 78.4 Å². The minimum Gasteiger partial charge on any atom is -0.483 e. The number of aliphatic imine (C=N–C) groups is 1. The number of amides is 3. The fourth-order valence-electron chi connectivity index (χ4n) is 12.0. The van der Waals surface area contributed by atoms with Crippen LogP contribution < -0.4 is 10.6 Å². The Balaban J connectivity index is 0.837. The predicted molar refractivity (Wildman–Crippen MR) is 262 cm³/mol. The van der Waals surface area contributed by atoms with Gasteiger partial charge in [-0.2, -0.15) is 0 Å². The van der Waals surface area contributed by atoms with E-state index in [0.29, 0.717) is 24.6 Å². The summed E-state index contributed by atoms with van der Waals surface area (Å²) in [7, 11) is 2.92. The van der Waals surface area contributed by atoms with Gasteiger partial charge >= 0.3 is 6.09 Å². The topological polar surface area (TPSA) is 160 Å². The monoisotopic (exact) mass is 930 g/mol. The summed E-state index contributed by atoms with van der Waals surface area (Å²) in [6.07, 6.45) is 12.9. The highest BCUT2D eigenvalue weighted by Gasteiger charge is 2.48. The number of ether oxygens (including phenoxy) is 4. The summed E-state index contributed by atoms with van der Waals surface area (Å²) >= 11 is 0. The zero-order valence-electron chi connectivity index (χ0n) is 40.9. The number of carbonyl (C=O) groups is 3. The summed E-state index contributed by atoms with van der Waals surface area (Å²) in [5, 5.41) is 6.29. The molecule has 0 radical (unpaired) electrons. The fraction of sp³-hybridized carbons (Fsp3) is 0.574. The van der Waals surface area contributed by atoms with E-state index in [1.54, 1.807) is 7.11 Å². The Morgan fingerprint density at radius 3 is 1.84 bits per heavy atom. The lowest BCUT2D eigenvalue weighted by molar-refractivity contribution is -0.141. The summed E-state index contributed by atoms with van der Waals surface area (Å²) in [6, 6.07) is 15.7. The second-order valence-corrected chi connectivity index (χ2v) is 20.6. The average Bonchev–Trinajstić information content (AvgIpc) is 3.62. The standard InChI is InChI=1S/C54H71N7O7/c1-30-9-21-46(60(30)53(63)50(59-54(64)66-8)42-25-34(5)68-48(27-42)40-19-20-40)44-26-43(28-55-44)38-13-11-36(12-14-38)37-15-17-39(18-16-37)45-29-56-51(58-45)47-22-10-31(2)61(47)52(62)49(57-35(6)65-7)41-23-32(3)67-33(4)24-41/h11-18,28-34,40-42,46-50,57H,6,9-10,19-27H2,1-5,7-8H3,(H,56,58)(H,59,64)/t30-,31-,32+,33+,34+,42-,46-,47-,48-,49-,50-/m0/s1. The molecule has 1 aromatic heterocycles. The molecule has 364 valence electrons. The van der Waals surface area contributed by atoms with Crippen LogP contribution >= 0.6 is 0 Å². The van der Waals surface area contributed by atoms with Gasteiger partial charge < -0.3 is 44.4 Å². The number of alkyl carbamates (subject to hydrolysis) is 1. The van der Waals surface area contributed by atoms with Crippen LogP contribution in [-0.4, -0.2) is 112 Å². The number of methoxy groups -OCH3 is 2. The van der Waals surface area contributed by atoms with Gasteiger partial charge in [-0.3, -0.25) is 14.6 Å². The summed E-state index contributed by atoms with van der Waals surface area (Å²) < 4.78 is 22.8. The van der Waals surface area contributed by atoms with Crippen molar-refractivity contribution in [2.75, 3.05) is 14.2 Å². The van der Waals surface area contributed by atoms with E-state index in [2.05, 4.69) is 105 Å². The Morgan fingerprint density at radius 1 is 0.691 bits per heavy atom. The molecule has 5 aliphatic heterocycles. The van der Waals surface area contributed by atoms with Crippen molar-refractivity contribution in [1.29, 1.82) is 0 Å². The molecule has 14 heteroatoms. The SMILES string of the molecule is C=C(N[C@H](C(=O)N1[C@@H](C)CC[C@H]1c1ncc(-c2ccc(-c3ccc(C4=CN=C([C@@H]5CC[C@H](C)N5C(=O)[C@@H](NC(=O)OC)[C@H]5C[C@@H](C)O[C@H](C6CC6)C5)C4)cc3)cc2)[nH]1)C1C[C@@H](C)O[C@H](C)C1)OC. The van der Waals surface area contributed by atoms with Crippen molar-refractivity contribution in [3.8, 4) is 22.4 Å². The van der Waals surface area contributed by atoms with E-state index in [-0.39, 0.29) is 72.2 Å². The van der Waals surface area contributed by atoms with Crippen LogP contribution in [0, 0.1) is 17.8 Å². The predicted octanol–water partition coefficient (Wildman–Crippen LogP) is 8.96. The van der Waals surface area contributed by atoms with Crippen molar-refractivity contribution in [2.45, 2.75) is 166 Å². The molecule has 3 N–H and O–H groups in total. The van der Waals surface area contributed by atoms with Crippen molar-refractivity contribution >= 4 is 29.2 Å². The third-order valence-electron chi connectivity index (χ3n) is 15.6. The number of aromatic amines is 1. The smallest absolute Gasteiger partial charge is 0.407 e. The van der Waals surface area contributed by atoms with Crippen LogP contribution in [0.4, 0.5) is 4.79 Å². The quantitative estimate of drug-likeness (QED) is 0.134. The number of aromatic nitrogens is 2. The second-order valence-electron chi connectivity index (χ2n) is 20.6. The maximum atomic E-state index is 14.6. The van der Waals surface area contributed by atoms with Gasteiger partial charge in [-0.05, 0) is 151 Å². The van der Waals surface area contributed by atoms with Crippen molar-refractivity contribution in [1.82, 2.24) is 30.4 Å². The molecule has 6 aliphatic rings. The van der Waals surface area contributed by atoms with Crippen LogP contribution in [0.3, 0.4) is 0 Å². The Morgan fingerprint density at radius 2 is 1.24 bits per heavy atom. The number of likely N-dealkylation sites (tertiary alicyclic amines) is 2. The molecule has 3 aromatic rings. The molecule has 4 saturated heterocycles. The number of carbonyl (C=O) groups excluding carboxylic acids is 3. The molecule has 9 rings (SSSR count). The highest BCUT2D eigenvalue weighted by molar-refractivity contribution is 6.04. The minimum atomic E-state index is -0.685. The first-order valence-corrected chi connectivity index (χ1v) is 25.1. The molecule has 0 unspecified atom stereocenters. The fourth-order valence-corrected chi connectivity index (χ4v) is 12.0. The molecule has 0 bridgehead atoms. The van der Waals surface area contributed by atoms with E-state index in [0.717, 1.165) is 103 Å². The zero-order chi connectivity index (χ0) is 47.8. The van der Waals surface area contributed by atoms with Gasteiger partial charge in [0.05, 0.1) is 62.6 Å². The van der Waals surface area contributed by atoms with E-state index >= 15 is 0 Å². The van der Waals surface area contributed by atoms with Gasteiger partial charge in [0.1, 0.15) is 17.9 Å². The van der Waals surface area contributed by atoms with Gasteiger partial charge in [0.2, 0.25) is 11.8 Å². The minimum absolute atomic E-state index is 0.0216. The number of nitrogens with zero attached hydrogens (tertiary/aromatic N) is 4. The lowest BCUT2D eigenvalue weighted by Crippen LogP contribution is -2.57. The van der Waals surface area contributed by atoms with Crippen LogP contribution in [0.25, 0.3) is 28.0 Å². The van der Waals surface area contributed by atoms with E-state index in [9.17, 15) is 14.4 Å². The maximum absolute atomic E-state index is 14.6. The van der Waals surface area contributed by atoms with E-state index < -0.39 is 18.2 Å². The van der Waals surface area contributed by atoms with Crippen LogP contribution in [-0.2, 0) is 28.5 Å². The first-order chi connectivity index (χ1) is 32.8. The van der Waals surface area contributed by atoms with Crippen LogP contribution in [0.2, 0.25) is 0 Å². The third kappa shape index (κ3) is 10.1. The largest absolute Gasteiger partial charge is 0.483 e. The lowest BCUT2D eigenvalue weighted by atomic mass is 9.83. The Hall–Kier alpha value is -5.47. The molecular weight excluding hydrogens is 859 g/mol. The molecule has 14 nitrogen and oxygen atoms in total. The number of hydrogen-bond acceptors (Lipinski definition) is 10. The van der Waals surface area contributed by atoms with E-state index in [1.165, 1.54) is 7.11 Å². The molecule has 2 aromatic carbocycles. The van der Waals surface area contributed by atoms with Gasteiger partial charge in [-0.25, -0.2) is 9.78 Å². The second kappa shape index (κ2) is 20.2. The summed E-state index contributed by atoms with van der Waals surface area (Å²) in [5.74, 6) is 1.74. The molecule has 6 heterocycles. The Kier molecular flexibility index (Phi) is 14.2. The van der Waals surface area contributed by atoms with Crippen molar-refractivity contribution in [2.24, 2.45) is 22.7 Å². The molecule has 1 saturated carbocycles. The lowest BCUT2D eigenvalue weighted by Gasteiger charge is -2.40. The highest BCUT2D eigenvalue weighted by Crippen LogP contribution is 2.43. The Bertz CT molecular complexity index is 2370. The van der Waals surface area contributed by atoms with Gasteiger partial charge in [0.25, 0.3) is 0 Å². The maximum Gasteiger partial charge on any atom is 0.407 e. The number of imidazole rings is 1. The van der Waals surface area contributed by atoms with Crippen molar-refractivity contribution < 1.29 is 33.3 Å². The summed E-state index contributed by atoms with van der Waals surface area (Å²) in [6.45, 7) is 14.4. The molecule has 3 amide bonds. The summed E-state index contributed by atoms with van der Waals surface area (Å²) in [5.41, 5.74) is 7.32. The van der Waals surface area contributed by atoms with Crippen LogP contribution in [0.5, 0.6) is 0 Å². The number of nitrogens with one attached hydrogen (secondary N) is 3. The first-order valence-electron chi connectivity index (χ1n) is 25.1. The molecule has 5 fully saturated rings. The van der Waals surface area contributed by atoms with Gasteiger partial charge in [0.15, 0.2) is 5.88 Å². The third-order valence-corrected chi connectivity index (χ3v) is 15.6. The van der Waals surface area contributed by atoms with Gasteiger partial charge in [0, 0.05) is 30.4 Å². The average molecular weight is 930 g/mol. The molecule has 11 atom stereocenters. The molecule has 1 aliphatic carbocycles. The number of allylic oxidation sites excluding steroid dienone is 1. The first kappa shape index (κ1) is 47.6. The van der Waals surface area contributed by atoms with Crippen molar-refractivity contribution in [3.05, 3.63) is 84.8 Å². The molecule has 68 heavy (non-hydrogen) atoms. The zero-order valence-corrected chi connectivity index (χ0v) is 40.9. The van der Waals surface area contributed by atoms with Crippen LogP contribution in [0.1, 0.15) is 123 Å². The van der Waals surface area contributed by atoms with Gasteiger partial charge in [-0.15, -0.1) is 0 Å². The van der Waals surface area contributed by atoms with E-state index in [4.69, 9.17) is 28.9 Å². The van der Waals surface area contributed by atoms with E-state index in [1.807, 2.05) is 22.2 Å². The van der Waals surface area contributed by atoms with Crippen molar-refractivity contribution in [3.63, 3.8) is 0 Å².